The van der Waals surface area contributed by atoms with Gasteiger partial charge in [0.2, 0.25) is 5.91 Å². The average molecular weight is 462 g/mol. The van der Waals surface area contributed by atoms with E-state index in [-0.39, 0.29) is 30.8 Å². The minimum Gasteiger partial charge on any atom is -0.434 e. The van der Waals surface area contributed by atoms with Crippen molar-refractivity contribution in [3.63, 3.8) is 0 Å². The molecule has 1 aliphatic rings. The van der Waals surface area contributed by atoms with Crippen LogP contribution in [0.1, 0.15) is 32.8 Å². The van der Waals surface area contributed by atoms with Crippen LogP contribution in [0.2, 0.25) is 5.02 Å². The summed E-state index contributed by atoms with van der Waals surface area (Å²) in [5.74, 6) is -1.71. The van der Waals surface area contributed by atoms with Gasteiger partial charge in [-0.1, -0.05) is 49.7 Å². The summed E-state index contributed by atoms with van der Waals surface area (Å²) in [6.45, 7) is 5.27. The van der Waals surface area contributed by atoms with E-state index in [1.165, 1.54) is 19.1 Å². The van der Waals surface area contributed by atoms with Crippen LogP contribution in [0.4, 0.5) is 9.18 Å². The normalized spacial score (nSPS) is 20.2. The fourth-order valence-electron chi connectivity index (χ4n) is 3.56. The molecule has 3 rings (SSSR count). The first-order valence-electron chi connectivity index (χ1n) is 10.3. The lowest BCUT2D eigenvalue weighted by atomic mass is 9.86. The van der Waals surface area contributed by atoms with E-state index >= 15 is 0 Å². The highest BCUT2D eigenvalue weighted by atomic mass is 35.5. The smallest absolute Gasteiger partial charge is 0.434 e. The molecule has 0 saturated carbocycles. The highest BCUT2D eigenvalue weighted by Gasteiger charge is 2.51. The number of esters is 1. The lowest BCUT2D eigenvalue weighted by molar-refractivity contribution is -0.154. The molecule has 1 aliphatic heterocycles. The molecule has 2 atom stereocenters. The molecular weight excluding hydrogens is 437 g/mol. The molecule has 2 aromatic carbocycles. The number of carbonyl (C=O) groups is 3. The highest BCUT2D eigenvalue weighted by molar-refractivity contribution is 6.30. The van der Waals surface area contributed by atoms with Gasteiger partial charge in [0.1, 0.15) is 11.2 Å². The molecule has 1 amide bonds. The largest absolute Gasteiger partial charge is 0.516 e. The van der Waals surface area contributed by atoms with Crippen LogP contribution in [0, 0.1) is 17.2 Å². The third-order valence-electron chi connectivity index (χ3n) is 5.33. The van der Waals surface area contributed by atoms with Crippen LogP contribution >= 0.6 is 11.6 Å². The minimum atomic E-state index is -1.48. The zero-order valence-corrected chi connectivity index (χ0v) is 18.9. The van der Waals surface area contributed by atoms with E-state index in [0.717, 1.165) is 5.56 Å². The van der Waals surface area contributed by atoms with Gasteiger partial charge in [-0.2, -0.15) is 0 Å². The van der Waals surface area contributed by atoms with Crippen molar-refractivity contribution in [2.24, 2.45) is 11.3 Å². The Hall–Kier alpha value is -2.93. The molecule has 0 bridgehead atoms. The Bertz CT molecular complexity index is 1020. The number of ether oxygens (including phenoxy) is 2. The number of amides is 1. The maximum Gasteiger partial charge on any atom is 0.516 e. The minimum absolute atomic E-state index is 0.0918. The zero-order valence-electron chi connectivity index (χ0n) is 18.1. The molecule has 170 valence electrons. The molecular formula is C24H25ClFNO5. The second kappa shape index (κ2) is 9.69. The van der Waals surface area contributed by atoms with E-state index in [0.29, 0.717) is 22.6 Å². The number of carbonyl (C=O) groups excluding carboxylic acids is 3. The topological polar surface area (TPSA) is 81.7 Å². The molecule has 1 heterocycles. The van der Waals surface area contributed by atoms with E-state index in [4.69, 9.17) is 21.1 Å². The van der Waals surface area contributed by atoms with E-state index in [9.17, 15) is 18.8 Å². The summed E-state index contributed by atoms with van der Waals surface area (Å²) in [5.41, 5.74) is 0.497. The highest BCUT2D eigenvalue weighted by Crippen LogP contribution is 2.33. The summed E-state index contributed by atoms with van der Waals surface area (Å²) in [5, 5.41) is 3.23. The number of benzene rings is 2. The third-order valence-corrected chi connectivity index (χ3v) is 5.56. The summed E-state index contributed by atoms with van der Waals surface area (Å²) in [7, 11) is 0. The number of halogens is 2. The molecule has 0 aromatic heterocycles. The monoisotopic (exact) mass is 461 g/mol. The van der Waals surface area contributed by atoms with Crippen LogP contribution in [0.3, 0.4) is 0 Å². The van der Waals surface area contributed by atoms with Gasteiger partial charge in [-0.25, -0.2) is 9.18 Å². The first-order chi connectivity index (χ1) is 15.1. The fraction of sp³-hybridized carbons (Fsp3) is 0.375. The molecule has 32 heavy (non-hydrogen) atoms. The molecule has 2 unspecified atom stereocenters. The second-order valence-corrected chi connectivity index (χ2v) is 9.01. The molecule has 6 nitrogen and oxygen atoms in total. The van der Waals surface area contributed by atoms with Crippen LogP contribution < -0.4 is 5.32 Å². The molecule has 1 N–H and O–H groups in total. The maximum atomic E-state index is 14.1. The SMILES string of the molecule is CC(C)COC(=O)OC(=O)C1(C)CC(Cc2ccc(-c3cc(Cl)ccc3F)cc2)NC1=O. The number of hydrogen-bond donors (Lipinski definition) is 1. The number of hydrogen-bond acceptors (Lipinski definition) is 5. The van der Waals surface area contributed by atoms with Gasteiger partial charge in [-0.3, -0.25) is 9.59 Å². The number of rotatable bonds is 6. The standard InChI is InChI=1S/C24H25ClFNO5/c1-14(2)13-31-23(30)32-22(29)24(3)12-18(27-21(24)28)10-15-4-6-16(7-5-15)19-11-17(25)8-9-20(19)26/h4-9,11,14,18H,10,12-13H2,1-3H3,(H,27,28). The van der Waals surface area contributed by atoms with Crippen LogP contribution in [-0.4, -0.2) is 30.7 Å². The Labute approximate surface area is 191 Å². The molecule has 1 fully saturated rings. The van der Waals surface area contributed by atoms with Gasteiger partial charge >= 0.3 is 12.1 Å². The Morgan fingerprint density at radius 2 is 1.91 bits per heavy atom. The van der Waals surface area contributed by atoms with Gasteiger partial charge in [0, 0.05) is 16.6 Å². The molecule has 8 heteroatoms. The van der Waals surface area contributed by atoms with Crippen LogP contribution in [0.15, 0.2) is 42.5 Å². The average Bonchev–Trinajstić information content (AvgIpc) is 3.03. The summed E-state index contributed by atoms with van der Waals surface area (Å²) < 4.78 is 23.7. The van der Waals surface area contributed by atoms with E-state index in [1.54, 1.807) is 18.2 Å². The number of nitrogens with one attached hydrogen (secondary N) is 1. The fourth-order valence-corrected chi connectivity index (χ4v) is 3.73. The van der Waals surface area contributed by atoms with Crippen molar-refractivity contribution in [2.75, 3.05) is 6.61 Å². The Morgan fingerprint density at radius 3 is 2.56 bits per heavy atom. The van der Waals surface area contributed by atoms with Gasteiger partial charge < -0.3 is 14.8 Å². The van der Waals surface area contributed by atoms with E-state index in [2.05, 4.69) is 5.32 Å². The molecule has 2 aromatic rings. The van der Waals surface area contributed by atoms with Gasteiger partial charge in [0.15, 0.2) is 0 Å². The van der Waals surface area contributed by atoms with Crippen LogP contribution in [0.5, 0.6) is 0 Å². The molecule has 0 radical (unpaired) electrons. The second-order valence-electron chi connectivity index (χ2n) is 8.58. The third kappa shape index (κ3) is 5.46. The van der Waals surface area contributed by atoms with Gasteiger partial charge in [0.25, 0.3) is 0 Å². The van der Waals surface area contributed by atoms with Crippen molar-refractivity contribution in [3.05, 3.63) is 58.9 Å². The molecule has 1 saturated heterocycles. The molecule has 0 spiro atoms. The quantitative estimate of drug-likeness (QED) is 0.487. The van der Waals surface area contributed by atoms with E-state index in [1.807, 2.05) is 26.0 Å². The lowest BCUT2D eigenvalue weighted by Gasteiger charge is -2.18. The summed E-state index contributed by atoms with van der Waals surface area (Å²) in [4.78, 5) is 36.6. The zero-order chi connectivity index (χ0) is 23.5. The van der Waals surface area contributed by atoms with Crippen molar-refractivity contribution >= 4 is 29.6 Å². The lowest BCUT2D eigenvalue weighted by Crippen LogP contribution is -2.38. The Morgan fingerprint density at radius 1 is 1.22 bits per heavy atom. The Balaban J connectivity index is 1.63. The van der Waals surface area contributed by atoms with Crippen molar-refractivity contribution in [1.29, 1.82) is 0 Å². The van der Waals surface area contributed by atoms with Crippen LogP contribution in [-0.2, 0) is 25.5 Å². The summed E-state index contributed by atoms with van der Waals surface area (Å²) in [6.07, 6.45) is -0.470. The molecule has 0 aliphatic carbocycles. The Kier molecular flexibility index (Phi) is 7.19. The first-order valence-corrected chi connectivity index (χ1v) is 10.7. The van der Waals surface area contributed by atoms with E-state index < -0.39 is 23.4 Å². The maximum absolute atomic E-state index is 14.1. The van der Waals surface area contributed by atoms with Crippen molar-refractivity contribution in [3.8, 4) is 11.1 Å². The van der Waals surface area contributed by atoms with Gasteiger partial charge in [-0.05, 0) is 55.0 Å². The van der Waals surface area contributed by atoms with Crippen LogP contribution in [0.25, 0.3) is 11.1 Å². The van der Waals surface area contributed by atoms with Crippen molar-refractivity contribution in [2.45, 2.75) is 39.7 Å². The predicted molar refractivity (Wildman–Crippen MR) is 117 cm³/mol. The van der Waals surface area contributed by atoms with Gasteiger partial charge in [-0.15, -0.1) is 0 Å². The van der Waals surface area contributed by atoms with Crippen molar-refractivity contribution in [1.82, 2.24) is 5.32 Å². The first kappa shape index (κ1) is 23.7. The summed E-state index contributed by atoms with van der Waals surface area (Å²) >= 11 is 5.97. The summed E-state index contributed by atoms with van der Waals surface area (Å²) in [6, 6.07) is 11.3. The van der Waals surface area contributed by atoms with Crippen molar-refractivity contribution < 1.29 is 28.2 Å². The predicted octanol–water partition coefficient (Wildman–Crippen LogP) is 4.92. The van der Waals surface area contributed by atoms with Gasteiger partial charge in [0.05, 0.1) is 6.61 Å².